The number of carboxylic acids is 1. The molecule has 3 N–H and O–H groups in total. The van der Waals surface area contributed by atoms with E-state index in [1.165, 1.54) is 6.92 Å². The fraction of sp³-hybridized carbons (Fsp3) is 0.385. The molecule has 0 saturated heterocycles. The Morgan fingerprint density at radius 3 is 2.41 bits per heavy atom. The van der Waals surface area contributed by atoms with Crippen molar-refractivity contribution in [1.29, 1.82) is 0 Å². The Morgan fingerprint density at radius 2 is 1.88 bits per heavy atom. The zero-order chi connectivity index (χ0) is 12.8. The summed E-state index contributed by atoms with van der Waals surface area (Å²) in [7, 11) is 0. The molecule has 0 amide bonds. The summed E-state index contributed by atoms with van der Waals surface area (Å²) in [4.78, 5) is 22.3. The molecular formula is C13H17NO3. The second-order valence-corrected chi connectivity index (χ2v) is 4.21. The van der Waals surface area contributed by atoms with E-state index in [-0.39, 0.29) is 12.2 Å². The number of hydrogen-bond acceptors (Lipinski definition) is 3. The molecule has 0 heterocycles. The quantitative estimate of drug-likeness (QED) is 0.777. The van der Waals surface area contributed by atoms with Crippen LogP contribution in [0.4, 0.5) is 0 Å². The van der Waals surface area contributed by atoms with Crippen molar-refractivity contribution >= 4 is 11.8 Å². The van der Waals surface area contributed by atoms with Gasteiger partial charge in [0.2, 0.25) is 0 Å². The number of carbonyl (C=O) groups is 2. The molecule has 0 aliphatic carbocycles. The van der Waals surface area contributed by atoms with Crippen molar-refractivity contribution in [1.82, 2.24) is 0 Å². The Morgan fingerprint density at radius 1 is 1.29 bits per heavy atom. The first kappa shape index (κ1) is 13.4. The number of hydrogen-bond donors (Lipinski definition) is 2. The van der Waals surface area contributed by atoms with Crippen molar-refractivity contribution in [2.24, 2.45) is 11.7 Å². The minimum atomic E-state index is -0.967. The van der Waals surface area contributed by atoms with E-state index in [0.29, 0.717) is 6.42 Å². The van der Waals surface area contributed by atoms with Crippen molar-refractivity contribution < 1.29 is 14.7 Å². The lowest BCUT2D eigenvalue weighted by Crippen LogP contribution is -2.34. The maximum absolute atomic E-state index is 11.7. The molecule has 17 heavy (non-hydrogen) atoms. The van der Waals surface area contributed by atoms with Gasteiger partial charge in [-0.05, 0) is 12.0 Å². The number of Topliss-reactive ketones (excluding diaryl/α,β-unsaturated/α-hetero) is 1. The third-order valence-electron chi connectivity index (χ3n) is 2.64. The maximum Gasteiger partial charge on any atom is 0.306 e. The smallest absolute Gasteiger partial charge is 0.306 e. The molecule has 0 saturated carbocycles. The van der Waals surface area contributed by atoms with E-state index in [2.05, 4.69) is 0 Å². The van der Waals surface area contributed by atoms with Crippen molar-refractivity contribution in [3.05, 3.63) is 35.9 Å². The van der Waals surface area contributed by atoms with Gasteiger partial charge in [0.05, 0.1) is 12.0 Å². The topological polar surface area (TPSA) is 80.4 Å². The van der Waals surface area contributed by atoms with Gasteiger partial charge in [0.25, 0.3) is 0 Å². The standard InChI is InChI=1S/C13H17NO3/c1-9(13(16)17)7-12(15)11(14)8-10-5-3-2-4-6-10/h2-6,9,11H,7-8,14H2,1H3,(H,16,17)/t9-,11+/m0/s1. The van der Waals surface area contributed by atoms with Gasteiger partial charge in [-0.1, -0.05) is 37.3 Å². The Bertz CT molecular complexity index is 389. The molecule has 92 valence electrons. The largest absolute Gasteiger partial charge is 0.481 e. The van der Waals surface area contributed by atoms with Crippen LogP contribution in [0.2, 0.25) is 0 Å². The van der Waals surface area contributed by atoms with Crippen LogP contribution >= 0.6 is 0 Å². The molecular weight excluding hydrogens is 218 g/mol. The van der Waals surface area contributed by atoms with Gasteiger partial charge in [-0.15, -0.1) is 0 Å². The zero-order valence-corrected chi connectivity index (χ0v) is 9.80. The summed E-state index contributed by atoms with van der Waals surface area (Å²) < 4.78 is 0. The summed E-state index contributed by atoms with van der Waals surface area (Å²) in [5, 5.41) is 8.71. The van der Waals surface area contributed by atoms with E-state index in [1.807, 2.05) is 30.3 Å². The third kappa shape index (κ3) is 4.36. The molecule has 0 spiro atoms. The number of nitrogens with two attached hydrogens (primary N) is 1. The maximum atomic E-state index is 11.7. The van der Waals surface area contributed by atoms with Gasteiger partial charge in [0, 0.05) is 6.42 Å². The van der Waals surface area contributed by atoms with Gasteiger partial charge >= 0.3 is 5.97 Å². The molecule has 1 rings (SSSR count). The highest BCUT2D eigenvalue weighted by Gasteiger charge is 2.20. The van der Waals surface area contributed by atoms with Gasteiger partial charge in [0.15, 0.2) is 5.78 Å². The van der Waals surface area contributed by atoms with Crippen molar-refractivity contribution in [2.45, 2.75) is 25.8 Å². The van der Waals surface area contributed by atoms with Crippen LogP contribution in [0.1, 0.15) is 18.9 Å². The second kappa shape index (κ2) is 6.15. The molecule has 1 aromatic carbocycles. The van der Waals surface area contributed by atoms with Gasteiger partial charge in [0.1, 0.15) is 0 Å². The number of carbonyl (C=O) groups excluding carboxylic acids is 1. The van der Waals surface area contributed by atoms with Crippen molar-refractivity contribution in [3.8, 4) is 0 Å². The average molecular weight is 235 g/mol. The monoisotopic (exact) mass is 235 g/mol. The summed E-state index contributed by atoms with van der Waals surface area (Å²) in [6, 6.07) is 8.82. The van der Waals surface area contributed by atoms with Crippen molar-refractivity contribution in [2.75, 3.05) is 0 Å². The zero-order valence-electron chi connectivity index (χ0n) is 9.80. The highest BCUT2D eigenvalue weighted by atomic mass is 16.4. The number of carboxylic acid groups (broad SMARTS) is 1. The number of rotatable bonds is 6. The fourth-order valence-electron chi connectivity index (χ4n) is 1.52. The third-order valence-corrected chi connectivity index (χ3v) is 2.64. The number of benzene rings is 1. The Hall–Kier alpha value is -1.68. The van der Waals surface area contributed by atoms with Gasteiger partial charge in [-0.2, -0.15) is 0 Å². The Labute approximate surface area is 100 Å². The first-order valence-corrected chi connectivity index (χ1v) is 5.55. The van der Waals surface area contributed by atoms with Crippen LogP contribution in [0.3, 0.4) is 0 Å². The molecule has 4 nitrogen and oxygen atoms in total. The molecule has 0 aliphatic rings. The minimum absolute atomic E-state index is 0.0106. The highest BCUT2D eigenvalue weighted by Crippen LogP contribution is 2.08. The summed E-state index contributed by atoms with van der Waals surface area (Å²) in [6.07, 6.45) is 0.440. The molecule has 0 aliphatic heterocycles. The van der Waals surface area contributed by atoms with Crippen molar-refractivity contribution in [3.63, 3.8) is 0 Å². The lowest BCUT2D eigenvalue weighted by Gasteiger charge is -2.12. The Balaban J connectivity index is 2.50. The van der Waals surface area contributed by atoms with E-state index < -0.39 is 17.9 Å². The van der Waals surface area contributed by atoms with E-state index in [4.69, 9.17) is 10.8 Å². The highest BCUT2D eigenvalue weighted by molar-refractivity contribution is 5.87. The molecule has 1 aromatic rings. The lowest BCUT2D eigenvalue weighted by molar-refractivity contribution is -0.143. The van der Waals surface area contributed by atoms with Crippen LogP contribution < -0.4 is 5.73 Å². The lowest BCUT2D eigenvalue weighted by atomic mass is 9.96. The van der Waals surface area contributed by atoms with Crippen LogP contribution in [-0.2, 0) is 16.0 Å². The molecule has 0 bridgehead atoms. The second-order valence-electron chi connectivity index (χ2n) is 4.21. The van der Waals surface area contributed by atoms with E-state index in [0.717, 1.165) is 5.56 Å². The van der Waals surface area contributed by atoms with Gasteiger partial charge in [-0.25, -0.2) is 0 Å². The van der Waals surface area contributed by atoms with Crippen LogP contribution in [0.5, 0.6) is 0 Å². The first-order chi connectivity index (χ1) is 8.00. The number of aliphatic carboxylic acids is 1. The first-order valence-electron chi connectivity index (χ1n) is 5.55. The SMILES string of the molecule is C[C@@H](CC(=O)[C@H](N)Cc1ccccc1)C(=O)O. The van der Waals surface area contributed by atoms with Gasteiger partial charge in [-0.3, -0.25) is 9.59 Å². The molecule has 0 fully saturated rings. The molecule has 2 atom stereocenters. The normalized spacial score (nSPS) is 14.0. The summed E-state index contributed by atoms with van der Waals surface area (Å²) >= 11 is 0. The Kier molecular flexibility index (Phi) is 4.84. The minimum Gasteiger partial charge on any atom is -0.481 e. The molecule has 4 heteroatoms. The average Bonchev–Trinajstić information content (AvgIpc) is 2.29. The molecule has 0 aromatic heterocycles. The fourth-order valence-corrected chi connectivity index (χ4v) is 1.52. The van der Waals surface area contributed by atoms with Crippen LogP contribution in [0.15, 0.2) is 30.3 Å². The molecule has 0 unspecified atom stereocenters. The summed E-state index contributed by atoms with van der Waals surface area (Å²) in [6.45, 7) is 1.51. The van der Waals surface area contributed by atoms with Crippen LogP contribution in [0, 0.1) is 5.92 Å². The molecule has 0 radical (unpaired) electrons. The summed E-state index contributed by atoms with van der Waals surface area (Å²) in [5.74, 6) is -1.85. The van der Waals surface area contributed by atoms with Gasteiger partial charge < -0.3 is 10.8 Å². The predicted molar refractivity (Wildman–Crippen MR) is 64.5 cm³/mol. The van der Waals surface area contributed by atoms with E-state index in [9.17, 15) is 9.59 Å². The van der Waals surface area contributed by atoms with Crippen LogP contribution in [0.25, 0.3) is 0 Å². The predicted octanol–water partition coefficient (Wildman–Crippen LogP) is 1.24. The van der Waals surface area contributed by atoms with E-state index >= 15 is 0 Å². The van der Waals surface area contributed by atoms with Crippen LogP contribution in [-0.4, -0.2) is 22.9 Å². The summed E-state index contributed by atoms with van der Waals surface area (Å²) in [5.41, 5.74) is 6.74. The van der Waals surface area contributed by atoms with E-state index in [1.54, 1.807) is 0 Å². The number of ketones is 1.